The van der Waals surface area contributed by atoms with Crippen LogP contribution in [0.4, 0.5) is 5.69 Å². The van der Waals surface area contributed by atoms with Crippen molar-refractivity contribution < 1.29 is 14.4 Å². The number of nitrogens with one attached hydrogen (secondary N) is 2. The molecular formula is C24H24ClN3O3. The first-order valence-electron chi connectivity index (χ1n) is 10.6. The summed E-state index contributed by atoms with van der Waals surface area (Å²) in [7, 11) is 0. The van der Waals surface area contributed by atoms with Crippen LogP contribution < -0.4 is 10.6 Å². The highest BCUT2D eigenvalue weighted by Gasteiger charge is 2.70. The largest absolute Gasteiger partial charge is 0.324 e. The van der Waals surface area contributed by atoms with Gasteiger partial charge < -0.3 is 5.32 Å². The number of amides is 3. The fourth-order valence-electron chi connectivity index (χ4n) is 5.44. The normalized spacial score (nSPS) is 29.1. The fourth-order valence-corrected chi connectivity index (χ4v) is 5.62. The Kier molecular flexibility index (Phi) is 4.68. The number of imide groups is 1. The van der Waals surface area contributed by atoms with Gasteiger partial charge in [-0.3, -0.25) is 24.6 Å². The molecule has 7 heteroatoms. The number of benzene rings is 2. The third-order valence-corrected chi connectivity index (χ3v) is 7.12. The number of anilines is 1. The molecule has 3 heterocycles. The lowest BCUT2D eigenvalue weighted by Crippen LogP contribution is -2.54. The highest BCUT2D eigenvalue weighted by Crippen LogP contribution is 2.54. The van der Waals surface area contributed by atoms with Crippen molar-refractivity contribution in [2.24, 2.45) is 17.8 Å². The molecule has 0 bridgehead atoms. The first-order chi connectivity index (χ1) is 14.8. The lowest BCUT2D eigenvalue weighted by molar-refractivity contribution is -0.142. The third-order valence-electron chi connectivity index (χ3n) is 6.89. The monoisotopic (exact) mass is 437 g/mol. The Balaban J connectivity index is 1.55. The molecule has 160 valence electrons. The lowest BCUT2D eigenvalue weighted by atomic mass is 9.76. The zero-order valence-corrected chi connectivity index (χ0v) is 18.1. The molecule has 2 saturated heterocycles. The van der Waals surface area contributed by atoms with E-state index in [1.54, 1.807) is 18.2 Å². The van der Waals surface area contributed by atoms with E-state index in [9.17, 15) is 14.4 Å². The molecule has 2 aromatic rings. The average Bonchev–Trinajstić information content (AvgIpc) is 3.33. The van der Waals surface area contributed by atoms with Gasteiger partial charge in [0.1, 0.15) is 5.54 Å². The Hall–Kier alpha value is -2.70. The molecule has 3 amide bonds. The van der Waals surface area contributed by atoms with Gasteiger partial charge in [0.2, 0.25) is 17.7 Å². The highest BCUT2D eigenvalue weighted by atomic mass is 35.5. The van der Waals surface area contributed by atoms with Gasteiger partial charge in [0.15, 0.2) is 0 Å². The number of nitrogens with zero attached hydrogens (tertiary/aromatic N) is 1. The van der Waals surface area contributed by atoms with E-state index in [1.807, 2.05) is 44.2 Å². The first-order valence-corrected chi connectivity index (χ1v) is 11.0. The van der Waals surface area contributed by atoms with Crippen LogP contribution in [0.1, 0.15) is 25.0 Å². The average molecular weight is 438 g/mol. The SMILES string of the molecule is CC(C)C1NC2(C(=O)Nc3ccc(Cl)cc32)[C@@H]2C(=O)N(CCc3ccccc3)C(=O)[C@H]12. The summed E-state index contributed by atoms with van der Waals surface area (Å²) in [6, 6.07) is 14.7. The van der Waals surface area contributed by atoms with Gasteiger partial charge in [-0.1, -0.05) is 55.8 Å². The van der Waals surface area contributed by atoms with E-state index in [0.29, 0.717) is 29.2 Å². The van der Waals surface area contributed by atoms with Crippen molar-refractivity contribution in [3.05, 3.63) is 64.7 Å². The summed E-state index contributed by atoms with van der Waals surface area (Å²) in [5.74, 6) is -2.09. The van der Waals surface area contributed by atoms with Crippen LogP contribution in [0, 0.1) is 17.8 Å². The summed E-state index contributed by atoms with van der Waals surface area (Å²) in [6.45, 7) is 4.31. The van der Waals surface area contributed by atoms with E-state index in [1.165, 1.54) is 4.90 Å². The minimum atomic E-state index is -1.28. The summed E-state index contributed by atoms with van der Waals surface area (Å²) in [6.07, 6.45) is 0.582. The molecule has 0 aliphatic carbocycles. The Bertz CT molecular complexity index is 1090. The van der Waals surface area contributed by atoms with Crippen LogP contribution in [0.15, 0.2) is 48.5 Å². The minimum Gasteiger partial charge on any atom is -0.324 e. The number of fused-ring (bicyclic) bond motifs is 4. The van der Waals surface area contributed by atoms with Crippen LogP contribution in [0.2, 0.25) is 5.02 Å². The first kappa shape index (κ1) is 20.2. The van der Waals surface area contributed by atoms with Gasteiger partial charge in [0, 0.05) is 28.9 Å². The maximum Gasteiger partial charge on any atom is 0.250 e. The molecule has 2 fully saturated rings. The van der Waals surface area contributed by atoms with Gasteiger partial charge in [-0.05, 0) is 36.1 Å². The van der Waals surface area contributed by atoms with E-state index in [4.69, 9.17) is 11.6 Å². The molecule has 6 nitrogen and oxygen atoms in total. The zero-order valence-electron chi connectivity index (χ0n) is 17.4. The van der Waals surface area contributed by atoms with E-state index < -0.39 is 17.4 Å². The van der Waals surface area contributed by atoms with Crippen molar-refractivity contribution in [2.75, 3.05) is 11.9 Å². The van der Waals surface area contributed by atoms with Crippen molar-refractivity contribution in [1.82, 2.24) is 10.2 Å². The molecule has 0 aromatic heterocycles. The molecule has 3 aliphatic heterocycles. The molecule has 2 aromatic carbocycles. The highest BCUT2D eigenvalue weighted by molar-refractivity contribution is 6.31. The second-order valence-corrected chi connectivity index (χ2v) is 9.37. The Morgan fingerprint density at radius 2 is 1.81 bits per heavy atom. The molecule has 5 rings (SSSR count). The molecule has 2 N–H and O–H groups in total. The number of halogens is 1. The number of hydrogen-bond donors (Lipinski definition) is 2. The molecular weight excluding hydrogens is 414 g/mol. The van der Waals surface area contributed by atoms with Crippen LogP contribution in [0.3, 0.4) is 0 Å². The Labute approximate surface area is 185 Å². The predicted molar refractivity (Wildman–Crippen MR) is 117 cm³/mol. The van der Waals surface area contributed by atoms with E-state index >= 15 is 0 Å². The molecule has 31 heavy (non-hydrogen) atoms. The predicted octanol–water partition coefficient (Wildman–Crippen LogP) is 2.96. The molecule has 0 saturated carbocycles. The zero-order chi connectivity index (χ0) is 21.9. The van der Waals surface area contributed by atoms with E-state index in [0.717, 1.165) is 5.56 Å². The van der Waals surface area contributed by atoms with Crippen LogP contribution >= 0.6 is 11.6 Å². The molecule has 1 spiro atoms. The standard InChI is InChI=1S/C24H24ClN3O3/c1-13(2)20-18-19(22(30)28(21(18)29)11-10-14-6-4-3-5-7-14)24(27-20)16-12-15(25)8-9-17(16)26-23(24)31/h3-9,12-13,18-20,27H,10-11H2,1-2H3,(H,26,31)/t18-,19-,20?,24?/m0/s1. The molecule has 4 atom stereocenters. The summed E-state index contributed by atoms with van der Waals surface area (Å²) in [5.41, 5.74) is 1.06. The van der Waals surface area contributed by atoms with Crippen LogP contribution in [0.25, 0.3) is 0 Å². The van der Waals surface area contributed by atoms with Crippen molar-refractivity contribution in [3.63, 3.8) is 0 Å². The summed E-state index contributed by atoms with van der Waals surface area (Å²) in [4.78, 5) is 41.8. The van der Waals surface area contributed by atoms with Gasteiger partial charge in [0.25, 0.3) is 0 Å². The van der Waals surface area contributed by atoms with Crippen molar-refractivity contribution in [3.8, 4) is 0 Å². The van der Waals surface area contributed by atoms with E-state index in [2.05, 4.69) is 10.6 Å². The second kappa shape index (κ2) is 7.18. The second-order valence-electron chi connectivity index (χ2n) is 8.93. The number of carbonyl (C=O) groups excluding carboxylic acids is 3. The van der Waals surface area contributed by atoms with Gasteiger partial charge in [-0.2, -0.15) is 0 Å². The van der Waals surface area contributed by atoms with Crippen molar-refractivity contribution in [2.45, 2.75) is 31.8 Å². The number of hydrogen-bond acceptors (Lipinski definition) is 4. The number of likely N-dealkylation sites (tertiary alicyclic amines) is 1. The quantitative estimate of drug-likeness (QED) is 0.721. The maximum atomic E-state index is 13.6. The van der Waals surface area contributed by atoms with Crippen LogP contribution in [-0.2, 0) is 26.3 Å². The van der Waals surface area contributed by atoms with Crippen molar-refractivity contribution in [1.29, 1.82) is 0 Å². The van der Waals surface area contributed by atoms with Crippen LogP contribution in [-0.4, -0.2) is 35.2 Å². The summed E-state index contributed by atoms with van der Waals surface area (Å²) >= 11 is 6.26. The third kappa shape index (κ3) is 2.85. The van der Waals surface area contributed by atoms with E-state index in [-0.39, 0.29) is 29.7 Å². The molecule has 3 aliphatic rings. The van der Waals surface area contributed by atoms with Crippen molar-refractivity contribution >= 4 is 35.0 Å². The lowest BCUT2D eigenvalue weighted by Gasteiger charge is -2.30. The Morgan fingerprint density at radius 3 is 2.52 bits per heavy atom. The van der Waals surface area contributed by atoms with Crippen LogP contribution in [0.5, 0.6) is 0 Å². The smallest absolute Gasteiger partial charge is 0.250 e. The van der Waals surface area contributed by atoms with Gasteiger partial charge in [-0.15, -0.1) is 0 Å². The number of rotatable bonds is 4. The Morgan fingerprint density at radius 1 is 1.06 bits per heavy atom. The summed E-state index contributed by atoms with van der Waals surface area (Å²) in [5, 5.41) is 6.80. The van der Waals surface area contributed by atoms with Gasteiger partial charge in [-0.25, -0.2) is 0 Å². The topological polar surface area (TPSA) is 78.5 Å². The van der Waals surface area contributed by atoms with Gasteiger partial charge in [0.05, 0.1) is 11.8 Å². The molecule has 2 unspecified atom stereocenters. The fraction of sp³-hybridized carbons (Fsp3) is 0.375. The maximum absolute atomic E-state index is 13.6. The molecule has 0 radical (unpaired) electrons. The summed E-state index contributed by atoms with van der Waals surface area (Å²) < 4.78 is 0. The van der Waals surface area contributed by atoms with Gasteiger partial charge >= 0.3 is 0 Å². The minimum absolute atomic E-state index is 0.0636. The number of carbonyl (C=O) groups is 3.